The molecule has 0 saturated carbocycles. The molecule has 2 aromatic rings. The van der Waals surface area contributed by atoms with E-state index in [9.17, 15) is 14.0 Å². The Morgan fingerprint density at radius 1 is 1.00 bits per heavy atom. The quantitative estimate of drug-likeness (QED) is 0.818. The number of hydrazine groups is 1. The molecule has 5 nitrogen and oxygen atoms in total. The van der Waals surface area contributed by atoms with Gasteiger partial charge in [-0.3, -0.25) is 20.4 Å². The first-order valence-electron chi connectivity index (χ1n) is 8.17. The highest BCUT2D eigenvalue weighted by molar-refractivity contribution is 5.83. The van der Waals surface area contributed by atoms with Crippen molar-refractivity contribution in [3.63, 3.8) is 0 Å². The zero-order valence-corrected chi connectivity index (χ0v) is 13.7. The highest BCUT2D eigenvalue weighted by Crippen LogP contribution is 2.22. The maximum atomic E-state index is 13.4. The number of para-hydroxylation sites is 1. The van der Waals surface area contributed by atoms with Crippen LogP contribution in [0, 0.1) is 5.82 Å². The first-order valence-corrected chi connectivity index (χ1v) is 8.17. The summed E-state index contributed by atoms with van der Waals surface area (Å²) in [5.74, 6) is -1.44. The summed E-state index contributed by atoms with van der Waals surface area (Å²) in [5, 5.41) is 0. The fourth-order valence-electron chi connectivity index (χ4n) is 2.85. The topological polar surface area (TPSA) is 67.4 Å². The SMILES string of the molecule is O=C(COc1ccccc1F)NNC(=O)Cc1ccc2c(c1)CCC2. The van der Waals surface area contributed by atoms with Crippen molar-refractivity contribution in [1.82, 2.24) is 10.9 Å². The lowest BCUT2D eigenvalue weighted by atomic mass is 10.0. The molecule has 2 N–H and O–H groups in total. The number of nitrogens with one attached hydrogen (secondary N) is 2. The average molecular weight is 342 g/mol. The molecule has 25 heavy (non-hydrogen) atoms. The van der Waals surface area contributed by atoms with Crippen LogP contribution in [-0.2, 0) is 28.9 Å². The standard InChI is InChI=1S/C19H19FN2O3/c20-16-6-1-2-7-17(16)25-12-19(24)22-21-18(23)11-13-8-9-14-4-3-5-15(14)10-13/h1-2,6-10H,3-5,11-12H2,(H,21,23)(H,22,24). The number of rotatable bonds is 5. The van der Waals surface area contributed by atoms with Crippen LogP contribution in [0.25, 0.3) is 0 Å². The number of benzene rings is 2. The monoisotopic (exact) mass is 342 g/mol. The summed E-state index contributed by atoms with van der Waals surface area (Å²) in [7, 11) is 0. The highest BCUT2D eigenvalue weighted by Gasteiger charge is 2.13. The molecule has 3 rings (SSSR count). The Labute approximate surface area is 145 Å². The Balaban J connectivity index is 1.42. The van der Waals surface area contributed by atoms with Crippen molar-refractivity contribution < 1.29 is 18.7 Å². The predicted octanol–water partition coefficient (Wildman–Crippen LogP) is 2.08. The van der Waals surface area contributed by atoms with Crippen LogP contribution < -0.4 is 15.6 Å². The predicted molar refractivity (Wildman–Crippen MR) is 90.4 cm³/mol. The van der Waals surface area contributed by atoms with Crippen LogP contribution in [-0.4, -0.2) is 18.4 Å². The highest BCUT2D eigenvalue weighted by atomic mass is 19.1. The van der Waals surface area contributed by atoms with Crippen molar-refractivity contribution in [2.45, 2.75) is 25.7 Å². The number of fused-ring (bicyclic) bond motifs is 1. The largest absolute Gasteiger partial charge is 0.481 e. The van der Waals surface area contributed by atoms with Gasteiger partial charge in [0.1, 0.15) is 0 Å². The van der Waals surface area contributed by atoms with Crippen LogP contribution in [0.4, 0.5) is 4.39 Å². The Kier molecular flexibility index (Phi) is 5.28. The van der Waals surface area contributed by atoms with Crippen molar-refractivity contribution in [2.75, 3.05) is 6.61 Å². The summed E-state index contributed by atoms with van der Waals surface area (Å²) >= 11 is 0. The van der Waals surface area contributed by atoms with Crippen LogP contribution >= 0.6 is 0 Å². The van der Waals surface area contributed by atoms with E-state index in [-0.39, 0.29) is 24.7 Å². The van der Waals surface area contributed by atoms with Gasteiger partial charge in [0.15, 0.2) is 18.2 Å². The number of carbonyl (C=O) groups excluding carboxylic acids is 2. The van der Waals surface area contributed by atoms with Gasteiger partial charge in [-0.15, -0.1) is 0 Å². The van der Waals surface area contributed by atoms with Crippen molar-refractivity contribution in [1.29, 1.82) is 0 Å². The molecular formula is C19H19FN2O3. The second-order valence-corrected chi connectivity index (χ2v) is 5.95. The molecule has 0 atom stereocenters. The zero-order chi connectivity index (χ0) is 17.6. The second kappa shape index (κ2) is 7.79. The van der Waals surface area contributed by atoms with Crippen LogP contribution in [0.5, 0.6) is 5.75 Å². The van der Waals surface area contributed by atoms with E-state index in [4.69, 9.17) is 4.74 Å². The summed E-state index contributed by atoms with van der Waals surface area (Å²) < 4.78 is 18.4. The molecule has 0 fully saturated rings. The lowest BCUT2D eigenvalue weighted by Gasteiger charge is -2.10. The third kappa shape index (κ3) is 4.56. The molecule has 0 bridgehead atoms. The normalized spacial score (nSPS) is 12.4. The van der Waals surface area contributed by atoms with Gasteiger partial charge >= 0.3 is 0 Å². The summed E-state index contributed by atoms with van der Waals surface area (Å²) in [4.78, 5) is 23.6. The average Bonchev–Trinajstić information content (AvgIpc) is 3.07. The molecule has 2 aromatic carbocycles. The molecule has 0 radical (unpaired) electrons. The Hall–Kier alpha value is -2.89. The van der Waals surface area contributed by atoms with Crippen LogP contribution in [0.3, 0.4) is 0 Å². The van der Waals surface area contributed by atoms with Gasteiger partial charge in [-0.2, -0.15) is 0 Å². The van der Waals surface area contributed by atoms with Gasteiger partial charge in [0.05, 0.1) is 6.42 Å². The molecule has 1 aliphatic rings. The third-order valence-electron chi connectivity index (χ3n) is 4.06. The van der Waals surface area contributed by atoms with Crippen LogP contribution in [0.15, 0.2) is 42.5 Å². The van der Waals surface area contributed by atoms with E-state index < -0.39 is 11.7 Å². The fraction of sp³-hybridized carbons (Fsp3) is 0.263. The van der Waals surface area contributed by atoms with Gasteiger partial charge in [0.2, 0.25) is 5.91 Å². The number of ether oxygens (including phenoxy) is 1. The molecule has 0 saturated heterocycles. The van der Waals surface area contributed by atoms with Crippen molar-refractivity contribution in [3.05, 3.63) is 65.0 Å². The maximum Gasteiger partial charge on any atom is 0.276 e. The van der Waals surface area contributed by atoms with Crippen molar-refractivity contribution in [2.24, 2.45) is 0 Å². The number of hydrogen-bond acceptors (Lipinski definition) is 3. The number of halogens is 1. The molecule has 6 heteroatoms. The number of carbonyl (C=O) groups is 2. The summed E-state index contributed by atoms with van der Waals surface area (Å²) in [6, 6.07) is 11.8. The minimum atomic E-state index is -0.564. The van der Waals surface area contributed by atoms with E-state index in [1.165, 1.54) is 29.3 Å². The van der Waals surface area contributed by atoms with E-state index in [1.54, 1.807) is 6.07 Å². The molecule has 130 valence electrons. The van der Waals surface area contributed by atoms with E-state index in [1.807, 2.05) is 12.1 Å². The molecule has 0 heterocycles. The Bertz CT molecular complexity index is 792. The minimum Gasteiger partial charge on any atom is -0.481 e. The molecular weight excluding hydrogens is 323 g/mol. The molecule has 0 aromatic heterocycles. The first-order chi connectivity index (χ1) is 12.1. The number of amides is 2. The maximum absolute atomic E-state index is 13.4. The minimum absolute atomic E-state index is 0.0119. The summed E-state index contributed by atoms with van der Waals surface area (Å²) in [6.07, 6.45) is 3.49. The van der Waals surface area contributed by atoms with Crippen LogP contribution in [0.1, 0.15) is 23.1 Å². The number of aryl methyl sites for hydroxylation is 2. The Morgan fingerprint density at radius 3 is 2.60 bits per heavy atom. The lowest BCUT2D eigenvalue weighted by Crippen LogP contribution is -2.44. The van der Waals surface area contributed by atoms with Gasteiger partial charge in [0.25, 0.3) is 5.91 Å². The lowest BCUT2D eigenvalue weighted by molar-refractivity contribution is -0.129. The van der Waals surface area contributed by atoms with E-state index >= 15 is 0 Å². The first kappa shape index (κ1) is 17.0. The van der Waals surface area contributed by atoms with Crippen molar-refractivity contribution >= 4 is 11.8 Å². The van der Waals surface area contributed by atoms with Gasteiger partial charge in [-0.25, -0.2) is 4.39 Å². The zero-order valence-electron chi connectivity index (χ0n) is 13.7. The molecule has 2 amide bonds. The van der Waals surface area contributed by atoms with Gasteiger partial charge in [-0.05, 0) is 48.1 Å². The smallest absolute Gasteiger partial charge is 0.276 e. The molecule has 0 spiro atoms. The van der Waals surface area contributed by atoms with Gasteiger partial charge in [0, 0.05) is 0 Å². The van der Waals surface area contributed by atoms with E-state index in [0.717, 1.165) is 24.8 Å². The van der Waals surface area contributed by atoms with Gasteiger partial charge in [-0.1, -0.05) is 30.3 Å². The Morgan fingerprint density at radius 2 is 1.76 bits per heavy atom. The van der Waals surface area contributed by atoms with E-state index in [0.29, 0.717) is 0 Å². The van der Waals surface area contributed by atoms with Gasteiger partial charge < -0.3 is 4.74 Å². The van der Waals surface area contributed by atoms with Crippen molar-refractivity contribution in [3.8, 4) is 5.75 Å². The summed E-state index contributed by atoms with van der Waals surface area (Å²) in [5.41, 5.74) is 8.16. The summed E-state index contributed by atoms with van der Waals surface area (Å²) in [6.45, 7) is -0.389. The van der Waals surface area contributed by atoms with Crippen LogP contribution in [0.2, 0.25) is 0 Å². The molecule has 0 unspecified atom stereocenters. The fourth-order valence-corrected chi connectivity index (χ4v) is 2.85. The molecule has 0 aliphatic heterocycles. The third-order valence-corrected chi connectivity index (χ3v) is 4.06. The number of hydrogen-bond donors (Lipinski definition) is 2. The van der Waals surface area contributed by atoms with E-state index in [2.05, 4.69) is 16.9 Å². The second-order valence-electron chi connectivity index (χ2n) is 5.95. The molecule has 1 aliphatic carbocycles.